The molecule has 0 aliphatic rings. The maximum Gasteiger partial charge on any atom is 0.242 e. The van der Waals surface area contributed by atoms with Gasteiger partial charge < -0.3 is 5.32 Å². The average Bonchev–Trinajstić information content (AvgIpc) is 2.48. The summed E-state index contributed by atoms with van der Waals surface area (Å²) in [4.78, 5) is 4.17. The number of benzene rings is 1. The minimum atomic E-state index is -3.50. The highest BCUT2D eigenvalue weighted by Gasteiger charge is 2.13. The second kappa shape index (κ2) is 6.49. The summed E-state index contributed by atoms with van der Waals surface area (Å²) in [7, 11) is -1.76. The number of pyridine rings is 1. The molecule has 1 heterocycles. The standard InChI is InChI=1S/C14H17N3O2S/c1-15-14-8-7-13(11-16-14)20(18,19)17-10-9-12-5-3-2-4-6-12/h2-8,11,17H,9-10H2,1H3,(H,15,16). The highest BCUT2D eigenvalue weighted by atomic mass is 32.2. The van der Waals surface area contributed by atoms with Gasteiger partial charge in [-0.2, -0.15) is 0 Å². The first kappa shape index (κ1) is 14.5. The molecule has 1 aromatic heterocycles. The third-order valence-corrected chi connectivity index (χ3v) is 4.30. The molecule has 2 N–H and O–H groups in total. The van der Waals surface area contributed by atoms with Crippen LogP contribution in [0.15, 0.2) is 53.6 Å². The molecule has 5 nitrogen and oxygen atoms in total. The first-order valence-electron chi connectivity index (χ1n) is 6.29. The van der Waals surface area contributed by atoms with Crippen LogP contribution in [0.1, 0.15) is 5.56 Å². The summed E-state index contributed by atoms with van der Waals surface area (Å²) < 4.78 is 26.7. The van der Waals surface area contributed by atoms with E-state index in [1.54, 1.807) is 13.1 Å². The van der Waals surface area contributed by atoms with Gasteiger partial charge in [0, 0.05) is 19.8 Å². The Morgan fingerprint density at radius 3 is 2.45 bits per heavy atom. The lowest BCUT2D eigenvalue weighted by atomic mass is 10.2. The van der Waals surface area contributed by atoms with Gasteiger partial charge >= 0.3 is 0 Å². The monoisotopic (exact) mass is 291 g/mol. The Bertz CT molecular complexity index is 640. The van der Waals surface area contributed by atoms with Gasteiger partial charge in [0.2, 0.25) is 10.0 Å². The van der Waals surface area contributed by atoms with E-state index < -0.39 is 10.0 Å². The number of rotatable bonds is 6. The van der Waals surface area contributed by atoms with Gasteiger partial charge in [-0.25, -0.2) is 18.1 Å². The molecule has 0 fully saturated rings. The lowest BCUT2D eigenvalue weighted by Crippen LogP contribution is -2.26. The van der Waals surface area contributed by atoms with E-state index in [0.29, 0.717) is 18.8 Å². The molecule has 0 saturated carbocycles. The SMILES string of the molecule is CNc1ccc(S(=O)(=O)NCCc2ccccc2)cn1. The van der Waals surface area contributed by atoms with Crippen molar-refractivity contribution in [3.05, 3.63) is 54.2 Å². The summed E-state index contributed by atoms with van der Waals surface area (Å²) in [6.45, 7) is 0.361. The quantitative estimate of drug-likeness (QED) is 0.849. The van der Waals surface area contributed by atoms with E-state index >= 15 is 0 Å². The second-order valence-electron chi connectivity index (χ2n) is 4.26. The maximum absolute atomic E-state index is 12.1. The predicted molar refractivity (Wildman–Crippen MR) is 79.1 cm³/mol. The van der Waals surface area contributed by atoms with E-state index in [4.69, 9.17) is 0 Å². The average molecular weight is 291 g/mol. The van der Waals surface area contributed by atoms with Gasteiger partial charge in [-0.15, -0.1) is 0 Å². The molecule has 106 valence electrons. The van der Waals surface area contributed by atoms with Crippen molar-refractivity contribution in [1.82, 2.24) is 9.71 Å². The number of hydrogen-bond acceptors (Lipinski definition) is 4. The number of sulfonamides is 1. The van der Waals surface area contributed by atoms with Gasteiger partial charge in [0.15, 0.2) is 0 Å². The zero-order valence-corrected chi connectivity index (χ0v) is 12.0. The van der Waals surface area contributed by atoms with Crippen LogP contribution in [0.25, 0.3) is 0 Å². The zero-order chi connectivity index (χ0) is 14.4. The van der Waals surface area contributed by atoms with Gasteiger partial charge in [0.1, 0.15) is 10.7 Å². The molecule has 0 aliphatic carbocycles. The van der Waals surface area contributed by atoms with E-state index in [-0.39, 0.29) is 4.90 Å². The molecule has 0 atom stereocenters. The van der Waals surface area contributed by atoms with Crippen molar-refractivity contribution >= 4 is 15.8 Å². The van der Waals surface area contributed by atoms with Crippen LogP contribution >= 0.6 is 0 Å². The highest BCUT2D eigenvalue weighted by molar-refractivity contribution is 7.89. The van der Waals surface area contributed by atoms with Gasteiger partial charge in [0.25, 0.3) is 0 Å². The number of anilines is 1. The minimum absolute atomic E-state index is 0.171. The Hall–Kier alpha value is -1.92. The van der Waals surface area contributed by atoms with Crippen molar-refractivity contribution in [2.75, 3.05) is 18.9 Å². The molecule has 0 spiro atoms. The fourth-order valence-electron chi connectivity index (χ4n) is 1.74. The molecule has 2 rings (SSSR count). The van der Waals surface area contributed by atoms with E-state index in [9.17, 15) is 8.42 Å². The Labute approximate surface area is 119 Å². The summed E-state index contributed by atoms with van der Waals surface area (Å²) >= 11 is 0. The number of nitrogens with one attached hydrogen (secondary N) is 2. The summed E-state index contributed by atoms with van der Waals surface area (Å²) in [6.07, 6.45) is 2.00. The van der Waals surface area contributed by atoms with Crippen LogP contribution < -0.4 is 10.0 Å². The first-order valence-corrected chi connectivity index (χ1v) is 7.77. The molecular weight excluding hydrogens is 274 g/mol. The third-order valence-electron chi connectivity index (χ3n) is 2.85. The maximum atomic E-state index is 12.1. The number of aromatic nitrogens is 1. The fourth-order valence-corrected chi connectivity index (χ4v) is 2.72. The summed E-state index contributed by atoms with van der Waals surface area (Å²) in [6, 6.07) is 12.9. The zero-order valence-electron chi connectivity index (χ0n) is 11.2. The van der Waals surface area contributed by atoms with Crippen molar-refractivity contribution in [3.8, 4) is 0 Å². The molecule has 20 heavy (non-hydrogen) atoms. The van der Waals surface area contributed by atoms with Crippen molar-refractivity contribution in [2.45, 2.75) is 11.3 Å². The third kappa shape index (κ3) is 3.79. The molecule has 0 amide bonds. The largest absolute Gasteiger partial charge is 0.373 e. The van der Waals surface area contributed by atoms with E-state index in [1.807, 2.05) is 30.3 Å². The molecule has 6 heteroatoms. The topological polar surface area (TPSA) is 71.1 Å². The lowest BCUT2D eigenvalue weighted by molar-refractivity contribution is 0.581. The highest BCUT2D eigenvalue weighted by Crippen LogP contribution is 2.10. The van der Waals surface area contributed by atoms with Crippen molar-refractivity contribution < 1.29 is 8.42 Å². The smallest absolute Gasteiger partial charge is 0.242 e. The van der Waals surface area contributed by atoms with Crippen molar-refractivity contribution in [1.29, 1.82) is 0 Å². The van der Waals surface area contributed by atoms with Crippen LogP contribution in [0, 0.1) is 0 Å². The van der Waals surface area contributed by atoms with Crippen LogP contribution in [0.4, 0.5) is 5.82 Å². The first-order chi connectivity index (χ1) is 9.62. The summed E-state index contributed by atoms with van der Waals surface area (Å²) in [5.41, 5.74) is 1.10. The van der Waals surface area contributed by atoms with E-state index in [2.05, 4.69) is 15.0 Å². The van der Waals surface area contributed by atoms with E-state index in [0.717, 1.165) is 5.56 Å². The molecule has 0 bridgehead atoms. The fraction of sp³-hybridized carbons (Fsp3) is 0.214. The molecule has 0 radical (unpaired) electrons. The van der Waals surface area contributed by atoms with Crippen molar-refractivity contribution in [3.63, 3.8) is 0 Å². The summed E-state index contributed by atoms with van der Waals surface area (Å²) in [5, 5.41) is 2.84. The molecular formula is C14H17N3O2S. The lowest BCUT2D eigenvalue weighted by Gasteiger charge is -2.07. The number of nitrogens with zero attached hydrogens (tertiary/aromatic N) is 1. The van der Waals surface area contributed by atoms with Gasteiger partial charge in [-0.3, -0.25) is 0 Å². The molecule has 0 aliphatic heterocycles. The van der Waals surface area contributed by atoms with E-state index in [1.165, 1.54) is 12.3 Å². The van der Waals surface area contributed by atoms with Crippen LogP contribution in [0.2, 0.25) is 0 Å². The minimum Gasteiger partial charge on any atom is -0.373 e. The number of hydrogen-bond donors (Lipinski definition) is 2. The summed E-state index contributed by atoms with van der Waals surface area (Å²) in [5.74, 6) is 0.633. The van der Waals surface area contributed by atoms with Crippen molar-refractivity contribution in [2.24, 2.45) is 0 Å². The van der Waals surface area contributed by atoms with Crippen LogP contribution in [0.3, 0.4) is 0 Å². The van der Waals surface area contributed by atoms with Crippen LogP contribution in [-0.2, 0) is 16.4 Å². The van der Waals surface area contributed by atoms with Gasteiger partial charge in [0.05, 0.1) is 0 Å². The second-order valence-corrected chi connectivity index (χ2v) is 6.03. The Morgan fingerprint density at radius 1 is 1.10 bits per heavy atom. The predicted octanol–water partition coefficient (Wildman–Crippen LogP) is 1.64. The van der Waals surface area contributed by atoms with Crippen LogP contribution in [0.5, 0.6) is 0 Å². The normalized spacial score (nSPS) is 11.2. The van der Waals surface area contributed by atoms with Gasteiger partial charge in [-0.05, 0) is 24.1 Å². The molecule has 2 aromatic rings. The Kier molecular flexibility index (Phi) is 4.70. The Morgan fingerprint density at radius 2 is 1.85 bits per heavy atom. The molecule has 1 aromatic carbocycles. The Balaban J connectivity index is 1.96. The van der Waals surface area contributed by atoms with Gasteiger partial charge in [-0.1, -0.05) is 30.3 Å². The molecule has 0 saturated heterocycles. The van der Waals surface area contributed by atoms with Crippen LogP contribution in [-0.4, -0.2) is 27.0 Å². The molecule has 0 unspecified atom stereocenters.